The van der Waals surface area contributed by atoms with E-state index in [-0.39, 0.29) is 6.04 Å². The Morgan fingerprint density at radius 2 is 1.94 bits per heavy atom. The number of nitrogens with zero attached hydrogens (tertiary/aromatic N) is 5. The smallest absolute Gasteiger partial charge is 0.222 e. The molecule has 0 aromatic carbocycles. The van der Waals surface area contributed by atoms with E-state index in [0.29, 0.717) is 17.8 Å². The number of hydrogen-bond donors (Lipinski definition) is 0. The zero-order valence-electron chi connectivity index (χ0n) is 11.1. The summed E-state index contributed by atoms with van der Waals surface area (Å²) in [6.07, 6.45) is 7.90. The van der Waals surface area contributed by atoms with Crippen LogP contribution in [0, 0.1) is 5.92 Å². The molecule has 0 bridgehead atoms. The third-order valence-corrected chi connectivity index (χ3v) is 3.02. The monoisotopic (exact) mass is 245 g/mol. The number of aromatic nitrogens is 2. The number of rotatable bonds is 5. The molecule has 5 heteroatoms. The van der Waals surface area contributed by atoms with Crippen LogP contribution in [-0.2, 0) is 0 Å². The Kier molecular flexibility index (Phi) is 4.12. The summed E-state index contributed by atoms with van der Waals surface area (Å²) in [6.45, 7) is 4.23. The van der Waals surface area contributed by atoms with Crippen LogP contribution in [0.3, 0.4) is 0 Å². The van der Waals surface area contributed by atoms with Gasteiger partial charge in [0.1, 0.15) is 6.04 Å². The fourth-order valence-corrected chi connectivity index (χ4v) is 1.66. The fourth-order valence-electron chi connectivity index (χ4n) is 1.66. The van der Waals surface area contributed by atoms with E-state index in [0.717, 1.165) is 5.56 Å². The second-order valence-electron chi connectivity index (χ2n) is 4.89. The van der Waals surface area contributed by atoms with Crippen LogP contribution in [0.1, 0.15) is 38.2 Å². The summed E-state index contributed by atoms with van der Waals surface area (Å²) in [4.78, 5) is 12.7. The summed E-state index contributed by atoms with van der Waals surface area (Å²) in [6, 6.07) is 0.0865. The van der Waals surface area contributed by atoms with Gasteiger partial charge in [0.25, 0.3) is 0 Å². The van der Waals surface area contributed by atoms with Crippen molar-refractivity contribution in [1.29, 1.82) is 0 Å². The van der Waals surface area contributed by atoms with Crippen LogP contribution in [0.5, 0.6) is 0 Å². The molecule has 96 valence electrons. The lowest BCUT2D eigenvalue weighted by atomic mass is 10.1. The van der Waals surface area contributed by atoms with Crippen molar-refractivity contribution >= 4 is 12.2 Å². The normalized spacial score (nSPS) is 18.0. The molecule has 1 atom stereocenters. The molecular weight excluding hydrogens is 226 g/mol. The second-order valence-corrected chi connectivity index (χ2v) is 4.89. The Morgan fingerprint density at radius 3 is 2.44 bits per heavy atom. The number of hydrogen-bond acceptors (Lipinski definition) is 5. The summed E-state index contributed by atoms with van der Waals surface area (Å²) in [5.74, 6) is 1.54. The molecule has 1 saturated carbocycles. The van der Waals surface area contributed by atoms with Crippen LogP contribution in [0.15, 0.2) is 27.6 Å². The molecule has 1 heterocycles. The lowest BCUT2D eigenvalue weighted by Crippen LogP contribution is -2.07. The first-order chi connectivity index (χ1) is 8.70. The van der Waals surface area contributed by atoms with Crippen molar-refractivity contribution in [2.75, 3.05) is 7.05 Å². The highest BCUT2D eigenvalue weighted by molar-refractivity contribution is 5.68. The SMILES string of the molecule is C/N=N\C(/C=N/c1ncc(C(C)C)cn1)C1CC1. The maximum Gasteiger partial charge on any atom is 0.248 e. The molecule has 0 radical (unpaired) electrons. The summed E-state index contributed by atoms with van der Waals surface area (Å²) in [7, 11) is 1.69. The molecule has 1 aliphatic rings. The Labute approximate surface area is 107 Å². The first-order valence-corrected chi connectivity index (χ1v) is 6.35. The van der Waals surface area contributed by atoms with Gasteiger partial charge < -0.3 is 0 Å². The van der Waals surface area contributed by atoms with Crippen LogP contribution in [-0.4, -0.2) is 29.3 Å². The predicted octanol–water partition coefficient (Wildman–Crippen LogP) is 3.16. The van der Waals surface area contributed by atoms with Crippen LogP contribution in [0.2, 0.25) is 0 Å². The molecule has 0 N–H and O–H groups in total. The van der Waals surface area contributed by atoms with Crippen LogP contribution < -0.4 is 0 Å². The molecule has 0 amide bonds. The van der Waals surface area contributed by atoms with E-state index in [1.54, 1.807) is 7.05 Å². The minimum Gasteiger partial charge on any atom is -0.222 e. The quantitative estimate of drug-likeness (QED) is 0.591. The fraction of sp³-hybridized carbons (Fsp3) is 0.615. The molecule has 5 nitrogen and oxygen atoms in total. The second kappa shape index (κ2) is 5.80. The lowest BCUT2D eigenvalue weighted by molar-refractivity contribution is 0.714. The van der Waals surface area contributed by atoms with Crippen molar-refractivity contribution in [1.82, 2.24) is 9.97 Å². The minimum atomic E-state index is 0.0865. The lowest BCUT2D eigenvalue weighted by Gasteiger charge is -2.04. The Hall–Kier alpha value is -1.65. The van der Waals surface area contributed by atoms with Crippen molar-refractivity contribution in [3.05, 3.63) is 18.0 Å². The van der Waals surface area contributed by atoms with Gasteiger partial charge >= 0.3 is 0 Å². The Balaban J connectivity index is 2.03. The number of aliphatic imine (C=N–C) groups is 1. The van der Waals surface area contributed by atoms with Crippen LogP contribution in [0.25, 0.3) is 0 Å². The third kappa shape index (κ3) is 3.42. The van der Waals surface area contributed by atoms with Crippen molar-refractivity contribution < 1.29 is 0 Å². The van der Waals surface area contributed by atoms with E-state index < -0.39 is 0 Å². The molecule has 1 unspecified atom stereocenters. The molecule has 0 saturated heterocycles. The summed E-state index contributed by atoms with van der Waals surface area (Å²) in [5.41, 5.74) is 1.13. The highest BCUT2D eigenvalue weighted by atomic mass is 15.1. The van der Waals surface area contributed by atoms with E-state index in [4.69, 9.17) is 0 Å². The van der Waals surface area contributed by atoms with Gasteiger partial charge in [-0.1, -0.05) is 13.8 Å². The first kappa shape index (κ1) is 12.8. The van der Waals surface area contributed by atoms with Gasteiger partial charge in [0, 0.05) is 25.7 Å². The average molecular weight is 245 g/mol. The average Bonchev–Trinajstić information content (AvgIpc) is 3.19. The summed E-state index contributed by atoms with van der Waals surface area (Å²) < 4.78 is 0. The van der Waals surface area contributed by atoms with Gasteiger partial charge in [-0.05, 0) is 30.2 Å². The first-order valence-electron chi connectivity index (χ1n) is 6.35. The highest BCUT2D eigenvalue weighted by Gasteiger charge is 2.30. The maximum absolute atomic E-state index is 4.29. The van der Waals surface area contributed by atoms with Crippen LogP contribution >= 0.6 is 0 Å². The van der Waals surface area contributed by atoms with Gasteiger partial charge in [-0.25, -0.2) is 15.0 Å². The van der Waals surface area contributed by atoms with E-state index in [9.17, 15) is 0 Å². The maximum atomic E-state index is 4.29. The van der Waals surface area contributed by atoms with Crippen molar-refractivity contribution in [2.45, 2.75) is 38.6 Å². The molecule has 1 aromatic heterocycles. The molecular formula is C13H19N5. The Bertz CT molecular complexity index is 431. The van der Waals surface area contributed by atoms with E-state index in [1.807, 2.05) is 18.6 Å². The molecule has 1 fully saturated rings. The predicted molar refractivity (Wildman–Crippen MR) is 71.6 cm³/mol. The van der Waals surface area contributed by atoms with Crippen LogP contribution in [0.4, 0.5) is 5.95 Å². The molecule has 1 aliphatic carbocycles. The molecule has 0 aliphatic heterocycles. The van der Waals surface area contributed by atoms with Gasteiger partial charge in [0.15, 0.2) is 0 Å². The molecule has 0 spiro atoms. The number of azo groups is 1. The van der Waals surface area contributed by atoms with Gasteiger partial charge in [-0.2, -0.15) is 10.2 Å². The Morgan fingerprint density at radius 1 is 1.28 bits per heavy atom. The van der Waals surface area contributed by atoms with E-state index in [1.165, 1.54) is 12.8 Å². The van der Waals surface area contributed by atoms with Gasteiger partial charge in [-0.3, -0.25) is 0 Å². The highest BCUT2D eigenvalue weighted by Crippen LogP contribution is 2.33. The van der Waals surface area contributed by atoms with Crippen molar-refractivity contribution in [2.24, 2.45) is 21.1 Å². The van der Waals surface area contributed by atoms with E-state index in [2.05, 4.69) is 39.0 Å². The molecule has 2 rings (SSSR count). The van der Waals surface area contributed by atoms with Gasteiger partial charge in [0.2, 0.25) is 5.95 Å². The minimum absolute atomic E-state index is 0.0865. The topological polar surface area (TPSA) is 62.9 Å². The summed E-state index contributed by atoms with van der Waals surface area (Å²) >= 11 is 0. The van der Waals surface area contributed by atoms with Crippen molar-refractivity contribution in [3.63, 3.8) is 0 Å². The van der Waals surface area contributed by atoms with E-state index >= 15 is 0 Å². The van der Waals surface area contributed by atoms with Gasteiger partial charge in [0.05, 0.1) is 0 Å². The largest absolute Gasteiger partial charge is 0.248 e. The van der Waals surface area contributed by atoms with Gasteiger partial charge in [-0.15, -0.1) is 0 Å². The standard InChI is InChI=1S/C13H19N5/c1-9(2)11-6-15-13(16-7-11)17-8-12(18-14-3)10-4-5-10/h6-10,12H,4-5H2,1-3H3/b17-8+,18-14-. The molecule has 18 heavy (non-hydrogen) atoms. The third-order valence-electron chi connectivity index (χ3n) is 3.02. The zero-order valence-corrected chi connectivity index (χ0v) is 11.1. The zero-order chi connectivity index (χ0) is 13.0. The van der Waals surface area contributed by atoms with Crippen molar-refractivity contribution in [3.8, 4) is 0 Å². The molecule has 1 aromatic rings. The summed E-state index contributed by atoms with van der Waals surface area (Å²) in [5, 5.41) is 8.01.